The molecule has 1 amide bonds. The van der Waals surface area contributed by atoms with Gasteiger partial charge < -0.3 is 10.6 Å². The molecule has 0 radical (unpaired) electrons. The maximum absolute atomic E-state index is 11.4. The van der Waals surface area contributed by atoms with Gasteiger partial charge in [0.2, 0.25) is 5.91 Å². The maximum Gasteiger partial charge on any atom is 0.222 e. The standard InChI is InChI=1S/C10H20N2O/c1-4-8-12(3)10(13)7-5-6-9(2)11/h4,9H,1,5-8,11H2,2-3H3. The summed E-state index contributed by atoms with van der Waals surface area (Å²) >= 11 is 0. The number of nitrogens with two attached hydrogens (primary N) is 1. The lowest BCUT2D eigenvalue weighted by molar-refractivity contribution is -0.129. The molecule has 0 aliphatic carbocycles. The summed E-state index contributed by atoms with van der Waals surface area (Å²) in [6.07, 6.45) is 4.10. The fraction of sp³-hybridized carbons (Fsp3) is 0.700. The molecule has 76 valence electrons. The molecule has 2 N–H and O–H groups in total. The Bertz CT molecular complexity index is 166. The lowest BCUT2D eigenvalue weighted by Gasteiger charge is -2.14. The lowest BCUT2D eigenvalue weighted by atomic mass is 10.1. The summed E-state index contributed by atoms with van der Waals surface area (Å²) in [6.45, 7) is 6.16. The molecule has 13 heavy (non-hydrogen) atoms. The minimum Gasteiger partial charge on any atom is -0.342 e. The van der Waals surface area contributed by atoms with Crippen LogP contribution in [0.1, 0.15) is 26.2 Å². The van der Waals surface area contributed by atoms with E-state index in [1.807, 2.05) is 6.92 Å². The Kier molecular flexibility index (Phi) is 6.24. The molecule has 3 nitrogen and oxygen atoms in total. The summed E-state index contributed by atoms with van der Waals surface area (Å²) in [5.41, 5.74) is 5.57. The summed E-state index contributed by atoms with van der Waals surface area (Å²) in [4.78, 5) is 13.0. The largest absolute Gasteiger partial charge is 0.342 e. The average molecular weight is 184 g/mol. The number of carbonyl (C=O) groups is 1. The fourth-order valence-electron chi connectivity index (χ4n) is 1.06. The normalized spacial score (nSPS) is 12.2. The number of hydrogen-bond acceptors (Lipinski definition) is 2. The molecule has 0 aliphatic rings. The molecule has 0 fully saturated rings. The SMILES string of the molecule is C=CCN(C)C(=O)CCCC(C)N. The van der Waals surface area contributed by atoms with E-state index in [9.17, 15) is 4.79 Å². The van der Waals surface area contributed by atoms with Gasteiger partial charge in [-0.25, -0.2) is 0 Å². The first-order valence-electron chi connectivity index (χ1n) is 4.68. The zero-order valence-corrected chi connectivity index (χ0v) is 8.62. The first-order chi connectivity index (χ1) is 6.07. The van der Waals surface area contributed by atoms with Crippen molar-refractivity contribution in [2.24, 2.45) is 5.73 Å². The van der Waals surface area contributed by atoms with E-state index in [4.69, 9.17) is 5.73 Å². The topological polar surface area (TPSA) is 46.3 Å². The third kappa shape index (κ3) is 6.34. The number of rotatable bonds is 6. The Hall–Kier alpha value is -0.830. The van der Waals surface area contributed by atoms with Crippen molar-refractivity contribution in [2.45, 2.75) is 32.2 Å². The second-order valence-electron chi connectivity index (χ2n) is 3.43. The molecule has 0 aromatic heterocycles. The molecule has 1 atom stereocenters. The highest BCUT2D eigenvalue weighted by Gasteiger charge is 2.06. The summed E-state index contributed by atoms with van der Waals surface area (Å²) in [5, 5.41) is 0. The van der Waals surface area contributed by atoms with Crippen LogP contribution < -0.4 is 5.73 Å². The van der Waals surface area contributed by atoms with Gasteiger partial charge in [0.15, 0.2) is 0 Å². The molecule has 0 saturated heterocycles. The first-order valence-corrected chi connectivity index (χ1v) is 4.68. The highest BCUT2D eigenvalue weighted by Crippen LogP contribution is 2.01. The Morgan fingerprint density at radius 1 is 1.69 bits per heavy atom. The summed E-state index contributed by atoms with van der Waals surface area (Å²) in [6, 6.07) is 0.192. The second kappa shape index (κ2) is 6.66. The highest BCUT2D eigenvalue weighted by atomic mass is 16.2. The van der Waals surface area contributed by atoms with E-state index in [-0.39, 0.29) is 11.9 Å². The van der Waals surface area contributed by atoms with Gasteiger partial charge in [0.1, 0.15) is 0 Å². The van der Waals surface area contributed by atoms with Crippen molar-refractivity contribution in [2.75, 3.05) is 13.6 Å². The van der Waals surface area contributed by atoms with Gasteiger partial charge >= 0.3 is 0 Å². The van der Waals surface area contributed by atoms with Crippen LogP contribution >= 0.6 is 0 Å². The Morgan fingerprint density at radius 2 is 2.31 bits per heavy atom. The van der Waals surface area contributed by atoms with Gasteiger partial charge in [0, 0.05) is 26.1 Å². The summed E-state index contributed by atoms with van der Waals surface area (Å²) < 4.78 is 0. The van der Waals surface area contributed by atoms with Crippen molar-refractivity contribution < 1.29 is 4.79 Å². The van der Waals surface area contributed by atoms with Crippen molar-refractivity contribution in [1.29, 1.82) is 0 Å². The molecule has 0 rings (SSSR count). The van der Waals surface area contributed by atoms with E-state index in [1.54, 1.807) is 18.0 Å². The number of nitrogens with zero attached hydrogens (tertiary/aromatic N) is 1. The fourth-order valence-corrected chi connectivity index (χ4v) is 1.06. The monoisotopic (exact) mass is 184 g/mol. The minimum atomic E-state index is 0.167. The minimum absolute atomic E-state index is 0.167. The highest BCUT2D eigenvalue weighted by molar-refractivity contribution is 5.75. The maximum atomic E-state index is 11.4. The van der Waals surface area contributed by atoms with Gasteiger partial charge in [-0.05, 0) is 19.8 Å². The summed E-state index contributed by atoms with van der Waals surface area (Å²) in [5.74, 6) is 0.167. The van der Waals surface area contributed by atoms with Crippen molar-refractivity contribution >= 4 is 5.91 Å². The molecule has 0 heterocycles. The van der Waals surface area contributed by atoms with Gasteiger partial charge in [0.05, 0.1) is 0 Å². The zero-order chi connectivity index (χ0) is 10.3. The molecule has 0 saturated carbocycles. The Morgan fingerprint density at radius 3 is 2.77 bits per heavy atom. The van der Waals surface area contributed by atoms with Crippen LogP contribution in [-0.2, 0) is 4.79 Å². The van der Waals surface area contributed by atoms with Gasteiger partial charge in [-0.3, -0.25) is 4.79 Å². The van der Waals surface area contributed by atoms with Crippen LogP contribution in [0.3, 0.4) is 0 Å². The predicted molar refractivity (Wildman–Crippen MR) is 55.3 cm³/mol. The molecule has 0 aromatic carbocycles. The molecule has 3 heteroatoms. The number of carbonyl (C=O) groups excluding carboxylic acids is 1. The summed E-state index contributed by atoms with van der Waals surface area (Å²) in [7, 11) is 1.79. The first kappa shape index (κ1) is 12.2. The third-order valence-corrected chi connectivity index (χ3v) is 1.88. The Balaban J connectivity index is 3.55. The second-order valence-corrected chi connectivity index (χ2v) is 3.43. The Labute approximate surface area is 80.6 Å². The van der Waals surface area contributed by atoms with E-state index >= 15 is 0 Å². The van der Waals surface area contributed by atoms with Crippen molar-refractivity contribution in [3.63, 3.8) is 0 Å². The molecular formula is C10H20N2O. The van der Waals surface area contributed by atoms with Gasteiger partial charge in [-0.15, -0.1) is 6.58 Å². The molecule has 0 spiro atoms. The molecule has 0 bridgehead atoms. The van der Waals surface area contributed by atoms with Crippen LogP contribution in [0.2, 0.25) is 0 Å². The van der Waals surface area contributed by atoms with Crippen LogP contribution in [0.5, 0.6) is 0 Å². The van der Waals surface area contributed by atoms with Crippen LogP contribution in [0.25, 0.3) is 0 Å². The number of amides is 1. The molecule has 0 aliphatic heterocycles. The quantitative estimate of drug-likeness (QED) is 0.629. The van der Waals surface area contributed by atoms with Crippen LogP contribution in [0.15, 0.2) is 12.7 Å². The van der Waals surface area contributed by atoms with Gasteiger partial charge in [-0.2, -0.15) is 0 Å². The van der Waals surface area contributed by atoms with Gasteiger partial charge in [0.25, 0.3) is 0 Å². The van der Waals surface area contributed by atoms with Gasteiger partial charge in [-0.1, -0.05) is 6.08 Å². The van der Waals surface area contributed by atoms with Crippen LogP contribution in [-0.4, -0.2) is 30.4 Å². The molecular weight excluding hydrogens is 164 g/mol. The number of likely N-dealkylation sites (N-methyl/N-ethyl adjacent to an activating group) is 1. The molecule has 0 aromatic rings. The third-order valence-electron chi connectivity index (χ3n) is 1.88. The van der Waals surface area contributed by atoms with E-state index < -0.39 is 0 Å². The zero-order valence-electron chi connectivity index (χ0n) is 8.62. The average Bonchev–Trinajstić information content (AvgIpc) is 2.04. The van der Waals surface area contributed by atoms with Crippen molar-refractivity contribution in [3.8, 4) is 0 Å². The lowest BCUT2D eigenvalue weighted by Crippen LogP contribution is -2.26. The predicted octanol–water partition coefficient (Wildman–Crippen LogP) is 1.15. The van der Waals surface area contributed by atoms with Crippen molar-refractivity contribution in [1.82, 2.24) is 4.90 Å². The van der Waals surface area contributed by atoms with Crippen molar-refractivity contribution in [3.05, 3.63) is 12.7 Å². The van der Waals surface area contributed by atoms with Crippen LogP contribution in [0, 0.1) is 0 Å². The van der Waals surface area contributed by atoms with E-state index in [0.717, 1.165) is 12.8 Å². The molecule has 1 unspecified atom stereocenters. The van der Waals surface area contributed by atoms with Crippen LogP contribution in [0.4, 0.5) is 0 Å². The smallest absolute Gasteiger partial charge is 0.222 e. The number of hydrogen-bond donors (Lipinski definition) is 1. The van der Waals surface area contributed by atoms with E-state index in [2.05, 4.69) is 6.58 Å². The van der Waals surface area contributed by atoms with E-state index in [0.29, 0.717) is 13.0 Å². The van der Waals surface area contributed by atoms with E-state index in [1.165, 1.54) is 0 Å².